The Morgan fingerprint density at radius 1 is 1.05 bits per heavy atom. The highest BCUT2D eigenvalue weighted by Crippen LogP contribution is 2.24. The van der Waals surface area contributed by atoms with Crippen LogP contribution in [0.1, 0.15) is 11.1 Å². The van der Waals surface area contributed by atoms with Crippen LogP contribution in [0.4, 0.5) is 0 Å². The molecule has 0 atom stereocenters. The summed E-state index contributed by atoms with van der Waals surface area (Å²) in [6.45, 7) is 1.90. The summed E-state index contributed by atoms with van der Waals surface area (Å²) in [5, 5.41) is 0.534. The van der Waals surface area contributed by atoms with E-state index >= 15 is 0 Å². The Hall–Kier alpha value is -1.33. The SMILES string of the molecule is Cc1ccc(S(=O)(=O)Oc2ccccc2CBr)cc1. The van der Waals surface area contributed by atoms with E-state index in [1.807, 2.05) is 19.1 Å². The van der Waals surface area contributed by atoms with Crippen LogP contribution < -0.4 is 4.18 Å². The number of para-hydroxylation sites is 1. The first-order chi connectivity index (χ1) is 9.03. The molecule has 0 aliphatic carbocycles. The summed E-state index contributed by atoms with van der Waals surface area (Å²) in [6, 6.07) is 13.6. The van der Waals surface area contributed by atoms with Crippen LogP contribution in [0.15, 0.2) is 53.4 Å². The van der Waals surface area contributed by atoms with Gasteiger partial charge in [0.05, 0.1) is 0 Å². The molecule has 0 spiro atoms. The molecule has 0 aliphatic rings. The molecule has 100 valence electrons. The molecule has 2 aromatic rings. The van der Waals surface area contributed by atoms with Gasteiger partial charge in [0.1, 0.15) is 10.6 Å². The van der Waals surface area contributed by atoms with Crippen molar-refractivity contribution in [1.29, 1.82) is 0 Å². The first-order valence-electron chi connectivity index (χ1n) is 5.68. The lowest BCUT2D eigenvalue weighted by molar-refractivity contribution is 0.484. The molecule has 0 amide bonds. The van der Waals surface area contributed by atoms with Gasteiger partial charge in [-0.3, -0.25) is 0 Å². The first kappa shape index (κ1) is 14.1. The Kier molecular flexibility index (Phi) is 4.27. The van der Waals surface area contributed by atoms with Gasteiger partial charge in [0.2, 0.25) is 0 Å². The van der Waals surface area contributed by atoms with Crippen molar-refractivity contribution in [2.24, 2.45) is 0 Å². The fraction of sp³-hybridized carbons (Fsp3) is 0.143. The predicted octanol–water partition coefficient (Wildman–Crippen LogP) is 3.66. The van der Waals surface area contributed by atoms with Gasteiger partial charge in [-0.05, 0) is 25.1 Å². The van der Waals surface area contributed by atoms with Crippen LogP contribution in [0.25, 0.3) is 0 Å². The number of hydrogen-bond acceptors (Lipinski definition) is 3. The fourth-order valence-electron chi connectivity index (χ4n) is 1.57. The van der Waals surface area contributed by atoms with E-state index in [-0.39, 0.29) is 4.90 Å². The maximum Gasteiger partial charge on any atom is 0.339 e. The molecule has 0 bridgehead atoms. The monoisotopic (exact) mass is 340 g/mol. The molecule has 0 N–H and O–H groups in total. The van der Waals surface area contributed by atoms with Gasteiger partial charge in [-0.25, -0.2) is 0 Å². The van der Waals surface area contributed by atoms with Gasteiger partial charge in [0.25, 0.3) is 0 Å². The largest absolute Gasteiger partial charge is 0.379 e. The van der Waals surface area contributed by atoms with Crippen LogP contribution in [0.3, 0.4) is 0 Å². The second kappa shape index (κ2) is 5.75. The Bertz CT molecular complexity index is 663. The van der Waals surface area contributed by atoms with Crippen molar-refractivity contribution in [3.63, 3.8) is 0 Å². The maximum absolute atomic E-state index is 12.1. The molecular formula is C14H13BrO3S. The number of aryl methyl sites for hydroxylation is 1. The average Bonchev–Trinajstić information content (AvgIpc) is 2.39. The van der Waals surface area contributed by atoms with Crippen molar-refractivity contribution in [1.82, 2.24) is 0 Å². The number of alkyl halides is 1. The standard InChI is InChI=1S/C14H13BrO3S/c1-11-6-8-13(9-7-11)19(16,17)18-14-5-3-2-4-12(14)10-15/h2-9H,10H2,1H3. The van der Waals surface area contributed by atoms with Gasteiger partial charge < -0.3 is 4.18 Å². The molecule has 0 aromatic heterocycles. The number of benzene rings is 2. The van der Waals surface area contributed by atoms with Gasteiger partial charge in [-0.15, -0.1) is 0 Å². The maximum atomic E-state index is 12.1. The van der Waals surface area contributed by atoms with Crippen LogP contribution in [0.5, 0.6) is 5.75 Å². The van der Waals surface area contributed by atoms with Crippen LogP contribution in [-0.4, -0.2) is 8.42 Å². The molecule has 0 radical (unpaired) electrons. The van der Waals surface area contributed by atoms with Crippen LogP contribution in [-0.2, 0) is 15.4 Å². The van der Waals surface area contributed by atoms with Gasteiger partial charge in [0.15, 0.2) is 0 Å². The molecule has 2 aromatic carbocycles. The summed E-state index contributed by atoms with van der Waals surface area (Å²) in [5.41, 5.74) is 1.79. The number of hydrogen-bond donors (Lipinski definition) is 0. The summed E-state index contributed by atoms with van der Waals surface area (Å²) in [5.74, 6) is 0.347. The zero-order valence-electron chi connectivity index (χ0n) is 10.3. The Morgan fingerprint density at radius 2 is 1.68 bits per heavy atom. The van der Waals surface area contributed by atoms with E-state index in [0.717, 1.165) is 11.1 Å². The molecule has 19 heavy (non-hydrogen) atoms. The van der Waals surface area contributed by atoms with E-state index in [1.54, 1.807) is 36.4 Å². The highest BCUT2D eigenvalue weighted by atomic mass is 79.9. The number of rotatable bonds is 4. The smallest absolute Gasteiger partial charge is 0.339 e. The lowest BCUT2D eigenvalue weighted by atomic mass is 10.2. The minimum absolute atomic E-state index is 0.155. The van der Waals surface area contributed by atoms with Gasteiger partial charge >= 0.3 is 10.1 Å². The first-order valence-corrected chi connectivity index (χ1v) is 8.21. The molecule has 0 saturated carbocycles. The topological polar surface area (TPSA) is 43.4 Å². The third-order valence-electron chi connectivity index (χ3n) is 2.63. The van der Waals surface area contributed by atoms with Crippen molar-refractivity contribution < 1.29 is 12.6 Å². The summed E-state index contributed by atoms with van der Waals surface area (Å²) in [4.78, 5) is 0.155. The van der Waals surface area contributed by atoms with Gasteiger partial charge in [-0.2, -0.15) is 8.42 Å². The fourth-order valence-corrected chi connectivity index (χ4v) is 2.99. The van der Waals surface area contributed by atoms with Crippen molar-refractivity contribution in [2.75, 3.05) is 0 Å². The zero-order valence-corrected chi connectivity index (χ0v) is 12.7. The zero-order chi connectivity index (χ0) is 13.9. The molecule has 0 heterocycles. The van der Waals surface area contributed by atoms with E-state index in [4.69, 9.17) is 4.18 Å². The third-order valence-corrected chi connectivity index (χ3v) is 4.48. The molecule has 0 unspecified atom stereocenters. The van der Waals surface area contributed by atoms with Crippen LogP contribution >= 0.6 is 15.9 Å². The highest BCUT2D eigenvalue weighted by Gasteiger charge is 2.17. The lowest BCUT2D eigenvalue weighted by Gasteiger charge is -2.10. The van der Waals surface area contributed by atoms with Gasteiger partial charge in [0, 0.05) is 10.9 Å². The Morgan fingerprint density at radius 3 is 2.32 bits per heavy atom. The quantitative estimate of drug-likeness (QED) is 0.630. The highest BCUT2D eigenvalue weighted by molar-refractivity contribution is 9.08. The summed E-state index contributed by atoms with van der Waals surface area (Å²) < 4.78 is 29.5. The van der Waals surface area contributed by atoms with E-state index in [1.165, 1.54) is 0 Å². The van der Waals surface area contributed by atoms with Crippen LogP contribution in [0, 0.1) is 6.92 Å². The van der Waals surface area contributed by atoms with Crippen molar-refractivity contribution in [3.8, 4) is 5.75 Å². The lowest BCUT2D eigenvalue weighted by Crippen LogP contribution is -2.10. The molecular weight excluding hydrogens is 328 g/mol. The normalized spacial score (nSPS) is 11.3. The summed E-state index contributed by atoms with van der Waals surface area (Å²) in [7, 11) is -3.78. The van der Waals surface area contributed by atoms with E-state index in [2.05, 4.69) is 15.9 Å². The summed E-state index contributed by atoms with van der Waals surface area (Å²) in [6.07, 6.45) is 0. The molecule has 0 saturated heterocycles. The molecule has 0 aliphatic heterocycles. The molecule has 3 nitrogen and oxygen atoms in total. The minimum Gasteiger partial charge on any atom is -0.379 e. The van der Waals surface area contributed by atoms with E-state index in [0.29, 0.717) is 11.1 Å². The summed E-state index contributed by atoms with van der Waals surface area (Å²) >= 11 is 3.31. The Labute approximate surface area is 121 Å². The Balaban J connectivity index is 2.34. The third kappa shape index (κ3) is 3.36. The van der Waals surface area contributed by atoms with Crippen LogP contribution in [0.2, 0.25) is 0 Å². The molecule has 0 fully saturated rings. The van der Waals surface area contributed by atoms with Crippen molar-refractivity contribution in [2.45, 2.75) is 17.1 Å². The predicted molar refractivity (Wildman–Crippen MR) is 78.1 cm³/mol. The minimum atomic E-state index is -3.78. The van der Waals surface area contributed by atoms with Crippen molar-refractivity contribution in [3.05, 3.63) is 59.7 Å². The van der Waals surface area contributed by atoms with E-state index in [9.17, 15) is 8.42 Å². The van der Waals surface area contributed by atoms with Crippen molar-refractivity contribution >= 4 is 26.0 Å². The number of halogens is 1. The van der Waals surface area contributed by atoms with Gasteiger partial charge in [-0.1, -0.05) is 51.8 Å². The average molecular weight is 341 g/mol. The second-order valence-electron chi connectivity index (χ2n) is 4.09. The molecule has 5 heteroatoms. The second-order valence-corrected chi connectivity index (χ2v) is 6.20. The van der Waals surface area contributed by atoms with E-state index < -0.39 is 10.1 Å². The molecule has 2 rings (SSSR count).